The Morgan fingerprint density at radius 2 is 1.89 bits per heavy atom. The Morgan fingerprint density at radius 3 is 2.56 bits per heavy atom. The molecule has 3 rings (SSSR count). The largest absolute Gasteiger partial charge is 0.325 e. The molecule has 6 heteroatoms. The molecule has 1 saturated carbocycles. The number of carbonyl (C=O) groups is 3. The highest BCUT2D eigenvalue weighted by molar-refractivity contribution is 6.10. The third-order valence-electron chi connectivity index (χ3n) is 5.88. The molecule has 0 aromatic heterocycles. The predicted octanol–water partition coefficient (Wildman–Crippen LogP) is 3.64. The first kappa shape index (κ1) is 19.4. The van der Waals surface area contributed by atoms with Gasteiger partial charge in [0.25, 0.3) is 5.91 Å². The second-order valence-electron chi connectivity index (χ2n) is 8.15. The van der Waals surface area contributed by atoms with E-state index in [-0.39, 0.29) is 30.2 Å². The maximum atomic E-state index is 13.0. The Morgan fingerprint density at radius 1 is 1.22 bits per heavy atom. The number of amides is 4. The van der Waals surface area contributed by atoms with E-state index in [0.29, 0.717) is 0 Å². The van der Waals surface area contributed by atoms with Crippen molar-refractivity contribution in [2.45, 2.75) is 64.3 Å². The number of anilines is 1. The van der Waals surface area contributed by atoms with Gasteiger partial charge in [0.15, 0.2) is 0 Å². The van der Waals surface area contributed by atoms with Gasteiger partial charge in [0.2, 0.25) is 5.91 Å². The maximum Gasteiger partial charge on any atom is 0.325 e. The molecule has 2 fully saturated rings. The highest BCUT2D eigenvalue weighted by Crippen LogP contribution is 2.36. The second-order valence-corrected chi connectivity index (χ2v) is 8.15. The van der Waals surface area contributed by atoms with Gasteiger partial charge in [-0.25, -0.2) is 4.79 Å². The Labute approximate surface area is 160 Å². The van der Waals surface area contributed by atoms with Gasteiger partial charge in [-0.3, -0.25) is 14.5 Å². The Hall–Kier alpha value is -2.37. The third kappa shape index (κ3) is 3.84. The van der Waals surface area contributed by atoms with Crippen molar-refractivity contribution in [2.75, 3.05) is 11.9 Å². The van der Waals surface area contributed by atoms with E-state index >= 15 is 0 Å². The third-order valence-corrected chi connectivity index (χ3v) is 5.88. The summed E-state index contributed by atoms with van der Waals surface area (Å²) in [7, 11) is 0. The molecule has 4 amide bonds. The van der Waals surface area contributed by atoms with E-state index in [4.69, 9.17) is 0 Å². The molecule has 0 bridgehead atoms. The molecule has 1 aliphatic carbocycles. The predicted molar refractivity (Wildman–Crippen MR) is 104 cm³/mol. The molecule has 1 aliphatic heterocycles. The number of para-hydroxylation sites is 1. The number of imide groups is 1. The molecule has 2 N–H and O–H groups in total. The smallest absolute Gasteiger partial charge is 0.324 e. The van der Waals surface area contributed by atoms with Gasteiger partial charge in [-0.15, -0.1) is 0 Å². The average Bonchev–Trinajstić information content (AvgIpc) is 2.87. The SMILES string of the molecule is CC(C)c1ccccc1NC(=O)CN1C(=O)N[C@@](C)(C2CCCCC2)C1=O. The van der Waals surface area contributed by atoms with E-state index < -0.39 is 11.6 Å². The first-order chi connectivity index (χ1) is 12.8. The van der Waals surface area contributed by atoms with Gasteiger partial charge in [0.05, 0.1) is 0 Å². The molecule has 0 radical (unpaired) electrons. The van der Waals surface area contributed by atoms with Crippen LogP contribution >= 0.6 is 0 Å². The minimum atomic E-state index is -0.895. The summed E-state index contributed by atoms with van der Waals surface area (Å²) >= 11 is 0. The molecule has 1 heterocycles. The summed E-state index contributed by atoms with van der Waals surface area (Å²) in [5.41, 5.74) is 0.850. The van der Waals surface area contributed by atoms with E-state index in [0.717, 1.165) is 41.8 Å². The van der Waals surface area contributed by atoms with E-state index in [2.05, 4.69) is 24.5 Å². The van der Waals surface area contributed by atoms with Gasteiger partial charge in [0.1, 0.15) is 12.1 Å². The lowest BCUT2D eigenvalue weighted by molar-refractivity contribution is -0.135. The van der Waals surface area contributed by atoms with Crippen LogP contribution in [0, 0.1) is 5.92 Å². The average molecular weight is 371 g/mol. The molecule has 1 saturated heterocycles. The molecule has 1 atom stereocenters. The number of urea groups is 1. The summed E-state index contributed by atoms with van der Waals surface area (Å²) in [6, 6.07) is 7.12. The van der Waals surface area contributed by atoms with Crippen molar-refractivity contribution in [3.63, 3.8) is 0 Å². The molecule has 146 valence electrons. The van der Waals surface area contributed by atoms with Crippen molar-refractivity contribution in [1.29, 1.82) is 0 Å². The Bertz CT molecular complexity index is 740. The molecule has 1 aromatic carbocycles. The van der Waals surface area contributed by atoms with Crippen LogP contribution in [0.3, 0.4) is 0 Å². The molecule has 6 nitrogen and oxygen atoms in total. The fraction of sp³-hybridized carbons (Fsp3) is 0.571. The molecule has 0 spiro atoms. The van der Waals surface area contributed by atoms with Crippen LogP contribution in [0.2, 0.25) is 0 Å². The van der Waals surface area contributed by atoms with Gasteiger partial charge in [-0.1, -0.05) is 51.3 Å². The lowest BCUT2D eigenvalue weighted by atomic mass is 9.75. The van der Waals surface area contributed by atoms with Gasteiger partial charge in [-0.05, 0) is 43.2 Å². The number of benzene rings is 1. The van der Waals surface area contributed by atoms with Crippen LogP contribution in [0.15, 0.2) is 24.3 Å². The van der Waals surface area contributed by atoms with Gasteiger partial charge in [-0.2, -0.15) is 0 Å². The number of carbonyl (C=O) groups excluding carboxylic acids is 3. The minimum Gasteiger partial charge on any atom is -0.324 e. The highest BCUT2D eigenvalue weighted by atomic mass is 16.2. The molecular weight excluding hydrogens is 342 g/mol. The van der Waals surface area contributed by atoms with E-state index in [1.165, 1.54) is 6.42 Å². The summed E-state index contributed by atoms with van der Waals surface area (Å²) in [5, 5.41) is 5.71. The van der Waals surface area contributed by atoms with Crippen molar-refractivity contribution in [2.24, 2.45) is 5.92 Å². The van der Waals surface area contributed by atoms with Crippen LogP contribution in [-0.2, 0) is 9.59 Å². The van der Waals surface area contributed by atoms with Gasteiger partial charge in [0, 0.05) is 5.69 Å². The van der Waals surface area contributed by atoms with Crippen molar-refractivity contribution in [1.82, 2.24) is 10.2 Å². The number of hydrogen-bond acceptors (Lipinski definition) is 3. The number of nitrogens with one attached hydrogen (secondary N) is 2. The number of nitrogens with zero attached hydrogens (tertiary/aromatic N) is 1. The topological polar surface area (TPSA) is 78.5 Å². The maximum absolute atomic E-state index is 13.0. The van der Waals surface area contributed by atoms with Crippen molar-refractivity contribution >= 4 is 23.5 Å². The van der Waals surface area contributed by atoms with E-state index in [9.17, 15) is 14.4 Å². The zero-order valence-corrected chi connectivity index (χ0v) is 16.4. The normalized spacial score (nSPS) is 23.6. The van der Waals surface area contributed by atoms with Crippen LogP contribution in [-0.4, -0.2) is 34.8 Å². The van der Waals surface area contributed by atoms with Crippen LogP contribution < -0.4 is 10.6 Å². The fourth-order valence-corrected chi connectivity index (χ4v) is 4.26. The van der Waals surface area contributed by atoms with Crippen LogP contribution in [0.5, 0.6) is 0 Å². The lowest BCUT2D eigenvalue weighted by Crippen LogP contribution is -2.51. The van der Waals surface area contributed by atoms with Crippen LogP contribution in [0.4, 0.5) is 10.5 Å². The zero-order valence-electron chi connectivity index (χ0n) is 16.4. The van der Waals surface area contributed by atoms with E-state index in [1.54, 1.807) is 6.92 Å². The fourth-order valence-electron chi connectivity index (χ4n) is 4.26. The first-order valence-electron chi connectivity index (χ1n) is 9.86. The molecule has 1 aromatic rings. The lowest BCUT2D eigenvalue weighted by Gasteiger charge is -2.34. The standard InChI is InChI=1S/C21H29N3O3/c1-14(2)16-11-7-8-12-17(16)22-18(25)13-24-19(26)21(3,23-20(24)27)15-9-5-4-6-10-15/h7-8,11-12,14-15H,4-6,9-10,13H2,1-3H3,(H,22,25)(H,23,27)/t21-/m0/s1. The molecular formula is C21H29N3O3. The Kier molecular flexibility index (Phi) is 5.53. The summed E-state index contributed by atoms with van der Waals surface area (Å²) in [6.45, 7) is 5.64. The summed E-state index contributed by atoms with van der Waals surface area (Å²) < 4.78 is 0. The summed E-state index contributed by atoms with van der Waals surface area (Å²) in [5.74, 6) is -0.253. The van der Waals surface area contributed by atoms with Crippen LogP contribution in [0.1, 0.15) is 64.4 Å². The summed E-state index contributed by atoms with van der Waals surface area (Å²) in [6.07, 6.45) is 5.20. The molecule has 2 aliphatic rings. The van der Waals surface area contributed by atoms with Crippen molar-refractivity contribution < 1.29 is 14.4 Å². The molecule has 0 unspecified atom stereocenters. The first-order valence-corrected chi connectivity index (χ1v) is 9.86. The highest BCUT2D eigenvalue weighted by Gasteiger charge is 2.52. The van der Waals surface area contributed by atoms with E-state index in [1.807, 2.05) is 24.3 Å². The monoisotopic (exact) mass is 371 g/mol. The zero-order chi connectivity index (χ0) is 19.6. The quantitative estimate of drug-likeness (QED) is 0.776. The minimum absolute atomic E-state index is 0.137. The van der Waals surface area contributed by atoms with Crippen LogP contribution in [0.25, 0.3) is 0 Å². The summed E-state index contributed by atoms with van der Waals surface area (Å²) in [4.78, 5) is 39.0. The van der Waals surface area contributed by atoms with Crippen molar-refractivity contribution in [3.8, 4) is 0 Å². The number of rotatable bonds is 5. The second kappa shape index (κ2) is 7.71. The van der Waals surface area contributed by atoms with Gasteiger partial charge >= 0.3 is 6.03 Å². The molecule has 27 heavy (non-hydrogen) atoms. The Balaban J connectivity index is 1.69. The van der Waals surface area contributed by atoms with Crippen molar-refractivity contribution in [3.05, 3.63) is 29.8 Å². The van der Waals surface area contributed by atoms with Gasteiger partial charge < -0.3 is 10.6 Å². The number of hydrogen-bond donors (Lipinski definition) is 2.